The van der Waals surface area contributed by atoms with Crippen LogP contribution in [0.15, 0.2) is 59.0 Å². The van der Waals surface area contributed by atoms with E-state index in [9.17, 15) is 9.59 Å². The van der Waals surface area contributed by atoms with Crippen LogP contribution in [0, 0.1) is 5.92 Å². The summed E-state index contributed by atoms with van der Waals surface area (Å²) in [5.41, 5.74) is 1.28. The fraction of sp³-hybridized carbons (Fsp3) is 0.222. The first kappa shape index (κ1) is 18.0. The summed E-state index contributed by atoms with van der Waals surface area (Å²) in [7, 11) is 0. The zero-order valence-electron chi connectivity index (χ0n) is 12.9. The molecule has 22 heavy (non-hydrogen) atoms. The van der Waals surface area contributed by atoms with E-state index in [1.807, 2.05) is 36.4 Å². The molecule has 1 aromatic carbocycles. The molecule has 116 valence electrons. The average Bonchev–Trinajstić information content (AvgIpc) is 2.52. The third-order valence-electron chi connectivity index (χ3n) is 3.19. The minimum absolute atomic E-state index is 0.109. The van der Waals surface area contributed by atoms with Crippen LogP contribution in [0.25, 0.3) is 6.08 Å². The van der Waals surface area contributed by atoms with Gasteiger partial charge in [-0.15, -0.1) is 11.8 Å². The van der Waals surface area contributed by atoms with Crippen molar-refractivity contribution in [3.8, 4) is 0 Å². The van der Waals surface area contributed by atoms with Gasteiger partial charge in [-0.25, -0.2) is 4.79 Å². The summed E-state index contributed by atoms with van der Waals surface area (Å²) >= 11 is 1.30. The van der Waals surface area contributed by atoms with Gasteiger partial charge in [0.1, 0.15) is 0 Å². The Morgan fingerprint density at radius 2 is 1.82 bits per heavy atom. The van der Waals surface area contributed by atoms with Gasteiger partial charge in [0.05, 0.1) is 5.92 Å². The highest BCUT2D eigenvalue weighted by molar-refractivity contribution is 8.02. The minimum atomic E-state index is -0.989. The highest BCUT2D eigenvalue weighted by atomic mass is 32.2. The number of thioether (sulfide) groups is 1. The molecule has 0 saturated carbocycles. The first-order chi connectivity index (χ1) is 10.5. The smallest absolute Gasteiger partial charge is 0.332 e. The largest absolute Gasteiger partial charge is 0.478 e. The van der Waals surface area contributed by atoms with Gasteiger partial charge in [-0.2, -0.15) is 0 Å². The second-order valence-electron chi connectivity index (χ2n) is 4.75. The number of benzene rings is 1. The van der Waals surface area contributed by atoms with Crippen LogP contribution in [-0.4, -0.2) is 23.1 Å². The maximum atomic E-state index is 12.1. The topological polar surface area (TPSA) is 54.4 Å². The average molecular weight is 316 g/mol. The third kappa shape index (κ3) is 5.37. The second-order valence-corrected chi connectivity index (χ2v) is 5.60. The van der Waals surface area contributed by atoms with E-state index in [1.165, 1.54) is 24.8 Å². The number of carboxylic acids is 1. The Morgan fingerprint density at radius 3 is 2.36 bits per heavy atom. The number of carbonyl (C=O) groups is 2. The van der Waals surface area contributed by atoms with E-state index in [2.05, 4.69) is 0 Å². The molecule has 0 spiro atoms. The van der Waals surface area contributed by atoms with Crippen LogP contribution in [0.3, 0.4) is 0 Å². The Morgan fingerprint density at radius 1 is 1.18 bits per heavy atom. The zero-order valence-corrected chi connectivity index (χ0v) is 13.8. The van der Waals surface area contributed by atoms with Gasteiger partial charge < -0.3 is 5.11 Å². The molecule has 4 heteroatoms. The Balaban J connectivity index is 2.75. The number of rotatable bonds is 7. The van der Waals surface area contributed by atoms with E-state index < -0.39 is 11.9 Å². The molecule has 1 atom stereocenters. The van der Waals surface area contributed by atoms with E-state index in [4.69, 9.17) is 5.11 Å². The lowest BCUT2D eigenvalue weighted by Gasteiger charge is -2.12. The lowest BCUT2D eigenvalue weighted by atomic mass is 10.0. The van der Waals surface area contributed by atoms with Crippen LogP contribution in [0.2, 0.25) is 0 Å². The summed E-state index contributed by atoms with van der Waals surface area (Å²) in [4.78, 5) is 23.7. The predicted molar refractivity (Wildman–Crippen MR) is 92.6 cm³/mol. The van der Waals surface area contributed by atoms with Gasteiger partial charge in [-0.05, 0) is 24.8 Å². The SMILES string of the molecule is CSC(=C(C)C(=O)O)C(C)C(=O)C=CC=Cc1ccccc1. The molecule has 0 saturated heterocycles. The lowest BCUT2D eigenvalue weighted by molar-refractivity contribution is -0.132. The van der Waals surface area contributed by atoms with E-state index in [-0.39, 0.29) is 11.4 Å². The van der Waals surface area contributed by atoms with E-state index >= 15 is 0 Å². The lowest BCUT2D eigenvalue weighted by Crippen LogP contribution is -2.13. The standard InChI is InChI=1S/C18H20O3S/c1-13(17(22-3)14(2)18(20)21)16(19)12-8-7-11-15-9-5-4-6-10-15/h4-13H,1-3H3,(H,20,21). The van der Waals surface area contributed by atoms with Crippen molar-refractivity contribution >= 4 is 29.6 Å². The molecule has 3 nitrogen and oxygen atoms in total. The van der Waals surface area contributed by atoms with Crippen molar-refractivity contribution < 1.29 is 14.7 Å². The Kier molecular flexibility index (Phi) is 7.40. The van der Waals surface area contributed by atoms with Crippen molar-refractivity contribution in [2.75, 3.05) is 6.26 Å². The Labute approximate surface area is 135 Å². The molecule has 0 aliphatic rings. The molecular formula is C18H20O3S. The fourth-order valence-electron chi connectivity index (χ4n) is 1.91. The summed E-state index contributed by atoms with van der Waals surface area (Å²) in [5.74, 6) is -1.55. The second kappa shape index (κ2) is 9.05. The number of allylic oxidation sites excluding steroid dienone is 4. The maximum Gasteiger partial charge on any atom is 0.332 e. The molecule has 0 amide bonds. The molecule has 1 rings (SSSR count). The van der Waals surface area contributed by atoms with E-state index in [0.717, 1.165) is 5.56 Å². The number of carbonyl (C=O) groups excluding carboxylic acids is 1. The van der Waals surface area contributed by atoms with Gasteiger partial charge in [0.2, 0.25) is 0 Å². The quantitative estimate of drug-likeness (QED) is 0.605. The first-order valence-corrected chi connectivity index (χ1v) is 8.11. The van der Waals surface area contributed by atoms with E-state index in [1.54, 1.807) is 25.3 Å². The monoisotopic (exact) mass is 316 g/mol. The highest BCUT2D eigenvalue weighted by Gasteiger charge is 2.19. The molecule has 0 bridgehead atoms. The fourth-order valence-corrected chi connectivity index (χ4v) is 2.78. The molecule has 1 N–H and O–H groups in total. The Bertz CT molecular complexity index is 612. The molecule has 0 aliphatic carbocycles. The van der Waals surface area contributed by atoms with Crippen LogP contribution >= 0.6 is 11.8 Å². The molecule has 1 aromatic rings. The number of hydrogen-bond donors (Lipinski definition) is 1. The molecular weight excluding hydrogens is 296 g/mol. The molecule has 0 radical (unpaired) electrons. The van der Waals surface area contributed by atoms with Gasteiger partial charge >= 0.3 is 5.97 Å². The number of hydrogen-bond acceptors (Lipinski definition) is 3. The molecule has 0 aromatic heterocycles. The summed E-state index contributed by atoms with van der Waals surface area (Å²) in [6.45, 7) is 3.25. The Hall–Kier alpha value is -2.07. The van der Waals surface area contributed by atoms with Crippen LogP contribution < -0.4 is 0 Å². The van der Waals surface area contributed by atoms with Crippen LogP contribution in [0.5, 0.6) is 0 Å². The predicted octanol–water partition coefficient (Wildman–Crippen LogP) is 4.18. The van der Waals surface area contributed by atoms with Crippen LogP contribution in [-0.2, 0) is 9.59 Å². The van der Waals surface area contributed by atoms with Crippen molar-refractivity contribution in [2.24, 2.45) is 5.92 Å². The van der Waals surface area contributed by atoms with Gasteiger partial charge in [0.15, 0.2) is 5.78 Å². The minimum Gasteiger partial charge on any atom is -0.478 e. The summed E-state index contributed by atoms with van der Waals surface area (Å²) in [6.07, 6.45) is 8.65. The number of carboxylic acid groups (broad SMARTS) is 1. The highest BCUT2D eigenvalue weighted by Crippen LogP contribution is 2.26. The zero-order chi connectivity index (χ0) is 16.5. The summed E-state index contributed by atoms with van der Waals surface area (Å²) < 4.78 is 0. The summed E-state index contributed by atoms with van der Waals surface area (Å²) in [5, 5.41) is 9.04. The van der Waals surface area contributed by atoms with Crippen molar-refractivity contribution in [1.29, 1.82) is 0 Å². The first-order valence-electron chi connectivity index (χ1n) is 6.89. The molecule has 0 fully saturated rings. The number of ketones is 1. The van der Waals surface area contributed by atoms with Crippen molar-refractivity contribution in [3.63, 3.8) is 0 Å². The van der Waals surface area contributed by atoms with Crippen molar-refractivity contribution in [2.45, 2.75) is 13.8 Å². The van der Waals surface area contributed by atoms with Crippen molar-refractivity contribution in [3.05, 3.63) is 64.6 Å². The normalized spacial score (nSPS) is 14.1. The van der Waals surface area contributed by atoms with Gasteiger partial charge in [-0.1, -0.05) is 55.5 Å². The maximum absolute atomic E-state index is 12.1. The van der Waals surface area contributed by atoms with Gasteiger partial charge in [0, 0.05) is 10.5 Å². The molecule has 1 unspecified atom stereocenters. The third-order valence-corrected chi connectivity index (χ3v) is 4.29. The molecule has 0 heterocycles. The summed E-state index contributed by atoms with van der Waals surface area (Å²) in [6, 6.07) is 9.78. The van der Waals surface area contributed by atoms with Gasteiger partial charge in [0.25, 0.3) is 0 Å². The van der Waals surface area contributed by atoms with Crippen molar-refractivity contribution in [1.82, 2.24) is 0 Å². The van der Waals surface area contributed by atoms with E-state index in [0.29, 0.717) is 4.91 Å². The van der Waals surface area contributed by atoms with Crippen LogP contribution in [0.4, 0.5) is 0 Å². The van der Waals surface area contributed by atoms with Crippen LogP contribution in [0.1, 0.15) is 19.4 Å². The van der Waals surface area contributed by atoms with Gasteiger partial charge in [-0.3, -0.25) is 4.79 Å². The number of aliphatic carboxylic acids is 1. The molecule has 0 aliphatic heterocycles.